The maximum Gasteiger partial charge on any atom is 0.251 e. The molecule has 1 aromatic carbocycles. The first-order valence-corrected chi connectivity index (χ1v) is 27.6. The highest BCUT2D eigenvalue weighted by molar-refractivity contribution is 5.94. The Morgan fingerprint density at radius 3 is 1.62 bits per heavy atom. The Kier molecular flexibility index (Phi) is 37.7. The van der Waals surface area contributed by atoms with E-state index in [1.807, 2.05) is 31.2 Å². The molecular formula is C59H101N3O4. The van der Waals surface area contributed by atoms with E-state index in [1.54, 1.807) is 0 Å². The Morgan fingerprint density at radius 1 is 0.591 bits per heavy atom. The molecule has 0 spiro atoms. The van der Waals surface area contributed by atoms with Gasteiger partial charge in [-0.2, -0.15) is 0 Å². The van der Waals surface area contributed by atoms with E-state index in [2.05, 4.69) is 85.0 Å². The molecule has 1 aliphatic rings. The number of ether oxygens (including phenoxy) is 2. The van der Waals surface area contributed by atoms with Crippen LogP contribution in [-0.2, 0) is 14.3 Å². The summed E-state index contributed by atoms with van der Waals surface area (Å²) in [5, 5.41) is 5.94. The molecule has 1 atom stereocenters. The standard InChI is InChI=1S/C59H101N3O4/c1-5-7-9-11-13-15-17-19-21-23-25-27-29-31-33-37-47-59(48-38-34-32-30-28-26-24-22-20-18-16-14-12-10-8-6-2)65-53-56(66-59)46-52-62(4)51-39-35-36-41-57(63)60-49-40-50-61-58(64)55-44-42-54(3)43-45-55/h13-16,19-22,42-45,56H,5-12,17-18,23-41,46-53H2,1-4H3,(H,60,63)(H,61,64)/b15-13-,16-14-,21-19-,22-20-. The predicted octanol–water partition coefficient (Wildman–Crippen LogP) is 15.6. The van der Waals surface area contributed by atoms with E-state index < -0.39 is 5.79 Å². The van der Waals surface area contributed by atoms with Gasteiger partial charge in [0.15, 0.2) is 5.79 Å². The van der Waals surface area contributed by atoms with Crippen molar-refractivity contribution in [1.82, 2.24) is 15.5 Å². The Morgan fingerprint density at radius 2 is 1.08 bits per heavy atom. The molecule has 0 bridgehead atoms. The summed E-state index contributed by atoms with van der Waals surface area (Å²) in [6, 6.07) is 7.57. The molecule has 0 aliphatic carbocycles. The topological polar surface area (TPSA) is 79.9 Å². The van der Waals surface area contributed by atoms with E-state index in [1.165, 1.54) is 141 Å². The number of nitrogens with one attached hydrogen (secondary N) is 2. The lowest BCUT2D eigenvalue weighted by atomic mass is 9.98. The second-order valence-electron chi connectivity index (χ2n) is 19.4. The highest BCUT2D eigenvalue weighted by Gasteiger charge is 2.40. The molecule has 7 heteroatoms. The van der Waals surface area contributed by atoms with E-state index in [0.29, 0.717) is 31.7 Å². The molecule has 1 aliphatic heterocycles. The van der Waals surface area contributed by atoms with Gasteiger partial charge in [-0.3, -0.25) is 9.59 Å². The van der Waals surface area contributed by atoms with Crippen molar-refractivity contribution in [3.63, 3.8) is 0 Å². The first-order valence-electron chi connectivity index (χ1n) is 27.6. The maximum absolute atomic E-state index is 12.4. The summed E-state index contributed by atoms with van der Waals surface area (Å²) in [6.45, 7) is 10.4. The zero-order valence-corrected chi connectivity index (χ0v) is 43.2. The normalized spacial score (nSPS) is 15.1. The molecule has 66 heavy (non-hydrogen) atoms. The summed E-state index contributed by atoms with van der Waals surface area (Å²) < 4.78 is 13.5. The van der Waals surface area contributed by atoms with Crippen molar-refractivity contribution in [3.8, 4) is 0 Å². The highest BCUT2D eigenvalue weighted by atomic mass is 16.7. The third-order valence-corrected chi connectivity index (χ3v) is 13.0. The van der Waals surface area contributed by atoms with Gasteiger partial charge in [0.2, 0.25) is 5.91 Å². The van der Waals surface area contributed by atoms with E-state index in [0.717, 1.165) is 76.4 Å². The molecule has 2 amide bonds. The van der Waals surface area contributed by atoms with E-state index in [-0.39, 0.29) is 17.9 Å². The SMILES string of the molecule is CCCCC/C=C\C/C=C\CCCCCCCCC1(CCCCCCCC/C=C\C/C=C\CCCCC)OCC(CCN(C)CCCCCC(=O)NCCCNC(=O)c2ccc(C)cc2)O1. The average molecular weight is 916 g/mol. The van der Waals surface area contributed by atoms with Gasteiger partial charge in [0, 0.05) is 44.5 Å². The molecule has 0 aromatic heterocycles. The Balaban J connectivity index is 1.62. The lowest BCUT2D eigenvalue weighted by Crippen LogP contribution is -2.32. The minimum Gasteiger partial charge on any atom is -0.356 e. The number of hydrogen-bond acceptors (Lipinski definition) is 5. The van der Waals surface area contributed by atoms with Gasteiger partial charge in [0.1, 0.15) is 0 Å². The van der Waals surface area contributed by atoms with Gasteiger partial charge in [-0.05, 0) is 135 Å². The van der Waals surface area contributed by atoms with Crippen LogP contribution in [0.1, 0.15) is 235 Å². The molecule has 376 valence electrons. The monoisotopic (exact) mass is 916 g/mol. The first-order chi connectivity index (χ1) is 32.4. The van der Waals surface area contributed by atoms with Gasteiger partial charge in [-0.25, -0.2) is 0 Å². The number of allylic oxidation sites excluding steroid dienone is 8. The highest BCUT2D eigenvalue weighted by Crippen LogP contribution is 2.35. The zero-order valence-electron chi connectivity index (χ0n) is 43.2. The molecule has 7 nitrogen and oxygen atoms in total. The van der Waals surface area contributed by atoms with Gasteiger partial charge in [-0.15, -0.1) is 0 Å². The fourth-order valence-electron chi connectivity index (χ4n) is 8.64. The lowest BCUT2D eigenvalue weighted by molar-refractivity contribution is -0.180. The molecule has 2 N–H and O–H groups in total. The van der Waals surface area contributed by atoms with Crippen LogP contribution in [0.2, 0.25) is 0 Å². The summed E-state index contributed by atoms with van der Waals surface area (Å²) >= 11 is 0. The van der Waals surface area contributed by atoms with Crippen molar-refractivity contribution in [3.05, 3.63) is 84.0 Å². The van der Waals surface area contributed by atoms with Crippen LogP contribution >= 0.6 is 0 Å². The Bertz CT molecular complexity index is 1370. The van der Waals surface area contributed by atoms with E-state index >= 15 is 0 Å². The second kappa shape index (κ2) is 42.1. The van der Waals surface area contributed by atoms with Crippen LogP contribution in [0.3, 0.4) is 0 Å². The molecule has 2 rings (SSSR count). The minimum atomic E-state index is -0.399. The van der Waals surface area contributed by atoms with Crippen LogP contribution < -0.4 is 10.6 Å². The van der Waals surface area contributed by atoms with Crippen molar-refractivity contribution in [1.29, 1.82) is 0 Å². The van der Waals surface area contributed by atoms with Crippen molar-refractivity contribution < 1.29 is 19.1 Å². The number of hydrogen-bond donors (Lipinski definition) is 2. The molecule has 1 saturated heterocycles. The molecular weight excluding hydrogens is 815 g/mol. The van der Waals surface area contributed by atoms with Crippen LogP contribution in [0.5, 0.6) is 0 Å². The number of carbonyl (C=O) groups is 2. The van der Waals surface area contributed by atoms with Crippen molar-refractivity contribution in [2.24, 2.45) is 0 Å². The van der Waals surface area contributed by atoms with Gasteiger partial charge in [0.05, 0.1) is 12.7 Å². The second-order valence-corrected chi connectivity index (χ2v) is 19.4. The third-order valence-electron chi connectivity index (χ3n) is 13.0. The number of nitrogens with zero attached hydrogens (tertiary/aromatic N) is 1. The predicted molar refractivity (Wildman–Crippen MR) is 283 cm³/mol. The Hall–Kier alpha value is -3.00. The molecule has 0 radical (unpaired) electrons. The number of aryl methyl sites for hydroxylation is 1. The van der Waals surface area contributed by atoms with Crippen LogP contribution in [0.15, 0.2) is 72.9 Å². The zero-order chi connectivity index (χ0) is 47.4. The summed E-state index contributed by atoms with van der Waals surface area (Å²) in [4.78, 5) is 27.0. The van der Waals surface area contributed by atoms with Gasteiger partial charge < -0.3 is 25.0 Å². The van der Waals surface area contributed by atoms with Crippen LogP contribution in [0, 0.1) is 6.92 Å². The number of unbranched alkanes of at least 4 members (excludes halogenated alkanes) is 20. The molecule has 1 unspecified atom stereocenters. The molecule has 1 fully saturated rings. The minimum absolute atomic E-state index is 0.0696. The lowest BCUT2D eigenvalue weighted by Gasteiger charge is -2.29. The largest absolute Gasteiger partial charge is 0.356 e. The van der Waals surface area contributed by atoms with E-state index in [9.17, 15) is 9.59 Å². The summed E-state index contributed by atoms with van der Waals surface area (Å²) in [5.74, 6) is -0.371. The fraction of sp³-hybridized carbons (Fsp3) is 0.729. The summed E-state index contributed by atoms with van der Waals surface area (Å²) in [5.41, 5.74) is 1.80. The van der Waals surface area contributed by atoms with E-state index in [4.69, 9.17) is 9.47 Å². The number of rotatable bonds is 44. The smallest absolute Gasteiger partial charge is 0.251 e. The van der Waals surface area contributed by atoms with Crippen molar-refractivity contribution >= 4 is 11.8 Å². The van der Waals surface area contributed by atoms with Gasteiger partial charge in [-0.1, -0.05) is 164 Å². The summed E-state index contributed by atoms with van der Waals surface area (Å²) in [6.07, 6.45) is 56.7. The average Bonchev–Trinajstić information content (AvgIpc) is 3.73. The quantitative estimate of drug-likeness (QED) is 0.0504. The molecule has 1 heterocycles. The first kappa shape index (κ1) is 59.1. The molecule has 1 aromatic rings. The number of carbonyl (C=O) groups excluding carboxylic acids is 2. The van der Waals surface area contributed by atoms with Crippen LogP contribution in [-0.4, -0.2) is 68.4 Å². The van der Waals surface area contributed by atoms with Gasteiger partial charge in [0.25, 0.3) is 5.91 Å². The third kappa shape index (κ3) is 33.5. The number of benzene rings is 1. The Labute approximate surface area is 406 Å². The maximum atomic E-state index is 12.4. The fourth-order valence-corrected chi connectivity index (χ4v) is 8.64. The van der Waals surface area contributed by atoms with Crippen molar-refractivity contribution in [2.75, 3.05) is 39.8 Å². The van der Waals surface area contributed by atoms with Gasteiger partial charge >= 0.3 is 0 Å². The summed E-state index contributed by atoms with van der Waals surface area (Å²) in [7, 11) is 2.21. The van der Waals surface area contributed by atoms with Crippen molar-refractivity contribution in [2.45, 2.75) is 238 Å². The van der Waals surface area contributed by atoms with Crippen LogP contribution in [0.25, 0.3) is 0 Å². The van der Waals surface area contributed by atoms with Crippen LogP contribution in [0.4, 0.5) is 0 Å². The number of amides is 2. The molecule has 0 saturated carbocycles.